The molecule has 0 aromatic heterocycles. The van der Waals surface area contributed by atoms with Gasteiger partial charge in [-0.3, -0.25) is 0 Å². The molecular weight excluding hydrogens is 324 g/mol. The van der Waals surface area contributed by atoms with Crippen molar-refractivity contribution in [1.29, 1.82) is 0 Å². The Morgan fingerprint density at radius 3 is 2.60 bits per heavy atom. The molecule has 3 heteroatoms. The van der Waals surface area contributed by atoms with Gasteiger partial charge in [0.1, 0.15) is 0 Å². The largest absolute Gasteiger partial charge is 0.410 e. The van der Waals surface area contributed by atoms with Crippen molar-refractivity contribution < 1.29 is 9.53 Å². The van der Waals surface area contributed by atoms with Gasteiger partial charge in [-0.1, -0.05) is 39.3 Å². The summed E-state index contributed by atoms with van der Waals surface area (Å²) >= 11 is 0. The van der Waals surface area contributed by atoms with Gasteiger partial charge in [-0.15, -0.1) is 0 Å². The lowest BCUT2D eigenvalue weighted by atomic mass is 9.68. The van der Waals surface area contributed by atoms with Crippen LogP contribution in [0.2, 0.25) is 18.1 Å². The van der Waals surface area contributed by atoms with E-state index in [2.05, 4.69) is 53.8 Å². The molecule has 0 unspecified atom stereocenters. The highest BCUT2D eigenvalue weighted by Crippen LogP contribution is 2.46. The highest BCUT2D eigenvalue weighted by Gasteiger charge is 2.41. The lowest BCUT2D eigenvalue weighted by Crippen LogP contribution is -2.44. The van der Waals surface area contributed by atoms with Gasteiger partial charge in [0.2, 0.25) is 0 Å². The number of allylic oxidation sites excluding steroid dienone is 2. The number of aliphatic hydroxyl groups is 1. The normalized spacial score (nSPS) is 28.5. The van der Waals surface area contributed by atoms with E-state index in [1.807, 2.05) is 0 Å². The molecule has 25 heavy (non-hydrogen) atoms. The molecule has 0 aromatic rings. The van der Waals surface area contributed by atoms with Crippen LogP contribution in [-0.4, -0.2) is 26.1 Å². The molecule has 2 aliphatic carbocycles. The van der Waals surface area contributed by atoms with E-state index in [0.717, 1.165) is 32.1 Å². The Bertz CT molecular complexity index is 539. The molecule has 0 saturated heterocycles. The molecule has 0 fully saturated rings. The first kappa shape index (κ1) is 20.9. The minimum absolute atomic E-state index is 0.169. The second-order valence-corrected chi connectivity index (χ2v) is 14.8. The maximum absolute atomic E-state index is 9.89. The van der Waals surface area contributed by atoms with Crippen LogP contribution in [-0.2, 0) is 4.43 Å². The third kappa shape index (κ3) is 4.67. The Morgan fingerprint density at radius 1 is 1.32 bits per heavy atom. The lowest BCUT2D eigenvalue weighted by molar-refractivity contribution is 0.201. The van der Waals surface area contributed by atoms with Gasteiger partial charge in [0.05, 0.1) is 12.7 Å². The Morgan fingerprint density at radius 2 is 2.00 bits per heavy atom. The monoisotopic (exact) mass is 364 g/mol. The molecule has 2 atom stereocenters. The molecule has 0 heterocycles. The highest BCUT2D eigenvalue weighted by molar-refractivity contribution is 6.74. The van der Waals surface area contributed by atoms with E-state index >= 15 is 0 Å². The van der Waals surface area contributed by atoms with Crippen molar-refractivity contribution in [3.8, 4) is 0 Å². The van der Waals surface area contributed by atoms with Crippen LogP contribution >= 0.6 is 0 Å². The van der Waals surface area contributed by atoms with E-state index in [1.165, 1.54) is 29.6 Å². The second-order valence-electron chi connectivity index (χ2n) is 10.1. The maximum atomic E-state index is 9.89. The van der Waals surface area contributed by atoms with E-state index in [-0.39, 0.29) is 17.1 Å². The van der Waals surface area contributed by atoms with Crippen LogP contribution in [0.4, 0.5) is 0 Å². The average molecular weight is 365 g/mol. The van der Waals surface area contributed by atoms with E-state index in [0.29, 0.717) is 6.10 Å². The predicted molar refractivity (Wildman–Crippen MR) is 110 cm³/mol. The van der Waals surface area contributed by atoms with E-state index in [9.17, 15) is 5.11 Å². The highest BCUT2D eigenvalue weighted by atomic mass is 28.4. The van der Waals surface area contributed by atoms with Crippen LogP contribution in [0, 0.1) is 5.41 Å². The first-order valence-electron chi connectivity index (χ1n) is 10.2. The van der Waals surface area contributed by atoms with Crippen molar-refractivity contribution in [2.45, 2.75) is 104 Å². The third-order valence-corrected chi connectivity index (χ3v) is 11.6. The van der Waals surface area contributed by atoms with Gasteiger partial charge in [-0.25, -0.2) is 0 Å². The fraction of sp³-hybridized carbons (Fsp3) is 0.818. The minimum atomic E-state index is -1.72. The number of aliphatic hydroxyl groups excluding tert-OH is 1. The summed E-state index contributed by atoms with van der Waals surface area (Å²) in [6.45, 7) is 16.5. The van der Waals surface area contributed by atoms with Crippen LogP contribution in [0.15, 0.2) is 22.8 Å². The maximum Gasteiger partial charge on any atom is 0.192 e. The molecule has 2 nitrogen and oxygen atoms in total. The standard InChI is InChI=1S/C22H40O2Si/c1-17-10-9-14-22(5,19(17)16-23)15-13-18-11-8-12-20(18)24-25(6,7)21(2,3)4/h11,20,23H,8-10,12-16H2,1-7H3/t20-,22-/m0/s1. The summed E-state index contributed by atoms with van der Waals surface area (Å²) in [6, 6.07) is 0. The smallest absolute Gasteiger partial charge is 0.192 e. The predicted octanol–water partition coefficient (Wildman–Crippen LogP) is 6.38. The molecule has 0 spiro atoms. The molecule has 0 saturated carbocycles. The van der Waals surface area contributed by atoms with Crippen LogP contribution in [0.1, 0.15) is 79.6 Å². The lowest BCUT2D eigenvalue weighted by Gasteiger charge is -2.40. The van der Waals surface area contributed by atoms with Crippen LogP contribution in [0.5, 0.6) is 0 Å². The van der Waals surface area contributed by atoms with Crippen LogP contribution in [0.3, 0.4) is 0 Å². The van der Waals surface area contributed by atoms with Crippen molar-refractivity contribution in [2.75, 3.05) is 6.61 Å². The van der Waals surface area contributed by atoms with Crippen molar-refractivity contribution in [3.63, 3.8) is 0 Å². The molecule has 2 rings (SSSR count). The van der Waals surface area contributed by atoms with Gasteiger partial charge in [-0.05, 0) is 86.6 Å². The summed E-state index contributed by atoms with van der Waals surface area (Å²) in [5.74, 6) is 0. The molecule has 0 radical (unpaired) electrons. The zero-order valence-electron chi connectivity index (χ0n) is 17.7. The van der Waals surface area contributed by atoms with Crippen LogP contribution in [0.25, 0.3) is 0 Å². The summed E-state index contributed by atoms with van der Waals surface area (Å²) in [4.78, 5) is 0. The summed E-state index contributed by atoms with van der Waals surface area (Å²) in [5.41, 5.74) is 4.42. The Balaban J connectivity index is 2.04. The zero-order chi connectivity index (χ0) is 18.9. The summed E-state index contributed by atoms with van der Waals surface area (Å²) in [5, 5.41) is 10.2. The molecule has 144 valence electrons. The van der Waals surface area contributed by atoms with Gasteiger partial charge in [0, 0.05) is 0 Å². The summed E-state index contributed by atoms with van der Waals surface area (Å²) in [7, 11) is -1.72. The van der Waals surface area contributed by atoms with Gasteiger partial charge >= 0.3 is 0 Å². The molecule has 1 N–H and O–H groups in total. The van der Waals surface area contributed by atoms with Crippen molar-refractivity contribution in [3.05, 3.63) is 22.8 Å². The Kier molecular flexibility index (Phi) is 6.44. The molecule has 0 amide bonds. The third-order valence-electron chi connectivity index (χ3n) is 7.14. The topological polar surface area (TPSA) is 29.5 Å². The quantitative estimate of drug-likeness (QED) is 0.438. The van der Waals surface area contributed by atoms with E-state index in [1.54, 1.807) is 0 Å². The molecule has 0 aliphatic heterocycles. The van der Waals surface area contributed by atoms with Gasteiger partial charge in [-0.2, -0.15) is 0 Å². The van der Waals surface area contributed by atoms with E-state index < -0.39 is 8.32 Å². The summed E-state index contributed by atoms with van der Waals surface area (Å²) < 4.78 is 6.73. The zero-order valence-corrected chi connectivity index (χ0v) is 18.7. The fourth-order valence-electron chi connectivity index (χ4n) is 4.25. The van der Waals surface area contributed by atoms with Crippen molar-refractivity contribution in [1.82, 2.24) is 0 Å². The Hall–Kier alpha value is -0.383. The molecular formula is C22H40O2Si. The van der Waals surface area contributed by atoms with Gasteiger partial charge < -0.3 is 9.53 Å². The van der Waals surface area contributed by atoms with Crippen molar-refractivity contribution in [2.24, 2.45) is 5.41 Å². The molecule has 2 aliphatic rings. The summed E-state index contributed by atoms with van der Waals surface area (Å²) in [6.07, 6.45) is 11.0. The van der Waals surface area contributed by atoms with Gasteiger partial charge in [0.25, 0.3) is 0 Å². The molecule has 0 bridgehead atoms. The average Bonchev–Trinajstić information content (AvgIpc) is 2.91. The SMILES string of the molecule is CC1=C(CO)[C@](C)(CCC2=CCC[C@@H]2O[Si](C)(C)C(C)(C)C)CCC1. The van der Waals surface area contributed by atoms with Gasteiger partial charge in [0.15, 0.2) is 8.32 Å². The number of hydrogen-bond acceptors (Lipinski definition) is 2. The first-order chi connectivity index (χ1) is 11.5. The van der Waals surface area contributed by atoms with Crippen molar-refractivity contribution >= 4 is 8.32 Å². The first-order valence-corrected chi connectivity index (χ1v) is 13.1. The second kappa shape index (κ2) is 7.70. The van der Waals surface area contributed by atoms with E-state index in [4.69, 9.17) is 4.43 Å². The minimum Gasteiger partial charge on any atom is -0.410 e. The molecule has 0 aromatic carbocycles. The number of rotatable bonds is 6. The number of hydrogen-bond donors (Lipinski definition) is 1. The fourth-order valence-corrected chi connectivity index (χ4v) is 5.58. The Labute approximate surface area is 156 Å². The van der Waals surface area contributed by atoms with Crippen LogP contribution < -0.4 is 0 Å².